The van der Waals surface area contributed by atoms with E-state index < -0.39 is 11.8 Å². The predicted octanol–water partition coefficient (Wildman–Crippen LogP) is 2.75. The summed E-state index contributed by atoms with van der Waals surface area (Å²) in [6.07, 6.45) is 2.51. The Morgan fingerprint density at radius 1 is 0.972 bits per heavy atom. The fourth-order valence-electron chi connectivity index (χ4n) is 3.87. The number of rotatable bonds is 8. The molecule has 0 unspecified atom stereocenters. The van der Waals surface area contributed by atoms with E-state index in [1.54, 1.807) is 48.5 Å². The van der Waals surface area contributed by atoms with E-state index in [2.05, 4.69) is 30.8 Å². The van der Waals surface area contributed by atoms with Crippen molar-refractivity contribution >= 4 is 40.7 Å². The van der Waals surface area contributed by atoms with E-state index >= 15 is 0 Å². The highest BCUT2D eigenvalue weighted by atomic mass is 35.5. The van der Waals surface area contributed by atoms with Gasteiger partial charge in [-0.05, 0) is 49.2 Å². The molecule has 4 rings (SSSR count). The largest absolute Gasteiger partial charge is 0.393 e. The molecule has 10 nitrogen and oxygen atoms in total. The summed E-state index contributed by atoms with van der Waals surface area (Å²) in [6, 6.07) is 13.3. The molecule has 0 spiro atoms. The van der Waals surface area contributed by atoms with Gasteiger partial charge >= 0.3 is 0 Å². The quantitative estimate of drug-likeness (QED) is 0.316. The molecule has 3 aromatic rings. The molecule has 1 fully saturated rings. The predicted molar refractivity (Wildman–Crippen MR) is 136 cm³/mol. The summed E-state index contributed by atoms with van der Waals surface area (Å²) in [5.74, 6) is -1.31. The summed E-state index contributed by atoms with van der Waals surface area (Å²) in [5, 5.41) is 18.2. The Morgan fingerprint density at radius 3 is 2.28 bits per heavy atom. The summed E-state index contributed by atoms with van der Waals surface area (Å²) >= 11 is 6.06. The number of hydrogen-bond acceptors (Lipinski definition) is 6. The van der Waals surface area contributed by atoms with E-state index in [9.17, 15) is 19.5 Å². The molecule has 0 radical (unpaired) electrons. The number of amides is 3. The van der Waals surface area contributed by atoms with Crippen LogP contribution in [0.4, 0.5) is 11.4 Å². The van der Waals surface area contributed by atoms with E-state index in [1.165, 1.54) is 6.33 Å². The van der Waals surface area contributed by atoms with E-state index in [1.807, 2.05) is 0 Å². The second kappa shape index (κ2) is 11.8. The third-order valence-corrected chi connectivity index (χ3v) is 6.20. The second-order valence-electron chi connectivity index (χ2n) is 8.42. The van der Waals surface area contributed by atoms with Crippen molar-refractivity contribution in [1.82, 2.24) is 20.2 Å². The molecular formula is C25H27ClN6O4. The normalized spacial score (nSPS) is 14.3. The van der Waals surface area contributed by atoms with Crippen LogP contribution in [0, 0.1) is 0 Å². The monoisotopic (exact) mass is 510 g/mol. The fraction of sp³-hybridized carbons (Fsp3) is 0.280. The smallest absolute Gasteiger partial charge is 0.276 e. The number of carbonyl (C=O) groups excluding carboxylic acids is 3. The van der Waals surface area contributed by atoms with Gasteiger partial charge in [-0.1, -0.05) is 23.7 Å². The van der Waals surface area contributed by atoms with Crippen molar-refractivity contribution in [3.8, 4) is 0 Å². The highest BCUT2D eigenvalue weighted by molar-refractivity contribution is 6.34. The number of nitrogens with one attached hydrogen (secondary N) is 4. The van der Waals surface area contributed by atoms with Crippen molar-refractivity contribution in [3.05, 3.63) is 76.8 Å². The Balaban J connectivity index is 1.30. The molecule has 2 heterocycles. The van der Waals surface area contributed by atoms with Gasteiger partial charge in [0.15, 0.2) is 5.69 Å². The summed E-state index contributed by atoms with van der Waals surface area (Å²) < 4.78 is 0. The standard InChI is InChI=1S/C25H27ClN6O4/c26-20-4-2-1-3-19(20)23(34)30-16-5-7-17(8-6-16)31-25(36)22-21(28-15-29-22)24(35)27-11-14-32-12-9-18(33)10-13-32/h1-8,15,18,33H,9-14H2,(H,27,35)(H,28,29)(H,30,34)(H,31,36). The first kappa shape index (κ1) is 25.4. The molecular weight excluding hydrogens is 484 g/mol. The van der Waals surface area contributed by atoms with E-state index in [0.717, 1.165) is 25.9 Å². The zero-order chi connectivity index (χ0) is 25.5. The van der Waals surface area contributed by atoms with Gasteiger partial charge in [-0.2, -0.15) is 0 Å². The number of imidazole rings is 1. The Morgan fingerprint density at radius 2 is 1.61 bits per heavy atom. The van der Waals surface area contributed by atoms with Gasteiger partial charge in [-0.25, -0.2) is 4.98 Å². The molecule has 2 aromatic carbocycles. The Labute approximate surface area is 213 Å². The first-order valence-electron chi connectivity index (χ1n) is 11.6. The van der Waals surface area contributed by atoms with Gasteiger partial charge in [0, 0.05) is 37.6 Å². The number of aliphatic hydroxyl groups excluding tert-OH is 1. The van der Waals surface area contributed by atoms with Crippen molar-refractivity contribution in [2.45, 2.75) is 18.9 Å². The van der Waals surface area contributed by atoms with Crippen LogP contribution in [0.3, 0.4) is 0 Å². The van der Waals surface area contributed by atoms with Crippen LogP contribution in [0.1, 0.15) is 44.2 Å². The molecule has 5 N–H and O–H groups in total. The molecule has 3 amide bonds. The molecule has 36 heavy (non-hydrogen) atoms. The average Bonchev–Trinajstić information content (AvgIpc) is 3.37. The maximum atomic E-state index is 12.7. The van der Waals surface area contributed by atoms with Gasteiger partial charge in [-0.15, -0.1) is 0 Å². The number of piperidine rings is 1. The Bertz CT molecular complexity index is 1220. The highest BCUT2D eigenvalue weighted by Gasteiger charge is 2.21. The van der Waals surface area contributed by atoms with E-state index in [-0.39, 0.29) is 23.4 Å². The summed E-state index contributed by atoms with van der Waals surface area (Å²) in [4.78, 5) is 46.7. The lowest BCUT2D eigenvalue weighted by molar-refractivity contribution is 0.0803. The zero-order valence-electron chi connectivity index (χ0n) is 19.5. The molecule has 0 aliphatic carbocycles. The topological polar surface area (TPSA) is 139 Å². The minimum Gasteiger partial charge on any atom is -0.393 e. The van der Waals surface area contributed by atoms with Crippen molar-refractivity contribution in [2.75, 3.05) is 36.8 Å². The molecule has 188 valence electrons. The minimum absolute atomic E-state index is 0.0234. The Hall–Kier alpha value is -3.73. The van der Waals surface area contributed by atoms with Gasteiger partial charge in [-0.3, -0.25) is 14.4 Å². The first-order chi connectivity index (χ1) is 17.4. The molecule has 1 aliphatic heterocycles. The number of benzene rings is 2. The van der Waals surface area contributed by atoms with Crippen LogP contribution < -0.4 is 16.0 Å². The lowest BCUT2D eigenvalue weighted by Gasteiger charge is -2.29. The first-order valence-corrected chi connectivity index (χ1v) is 12.0. The number of halogens is 1. The summed E-state index contributed by atoms with van der Waals surface area (Å²) in [7, 11) is 0. The van der Waals surface area contributed by atoms with Crippen molar-refractivity contribution in [1.29, 1.82) is 0 Å². The lowest BCUT2D eigenvalue weighted by Crippen LogP contribution is -2.41. The minimum atomic E-state index is -0.542. The molecule has 1 aromatic heterocycles. The highest BCUT2D eigenvalue weighted by Crippen LogP contribution is 2.19. The maximum absolute atomic E-state index is 12.7. The van der Waals surface area contributed by atoms with Gasteiger partial charge in [0.2, 0.25) is 0 Å². The summed E-state index contributed by atoms with van der Waals surface area (Å²) in [5.41, 5.74) is 1.41. The number of aliphatic hydroxyl groups is 1. The van der Waals surface area contributed by atoms with Crippen LogP contribution in [0.25, 0.3) is 0 Å². The number of hydrogen-bond donors (Lipinski definition) is 5. The van der Waals surface area contributed by atoms with Crippen LogP contribution in [-0.2, 0) is 0 Å². The second-order valence-corrected chi connectivity index (χ2v) is 8.83. The van der Waals surface area contributed by atoms with Crippen molar-refractivity contribution in [3.63, 3.8) is 0 Å². The molecule has 0 bridgehead atoms. The van der Waals surface area contributed by atoms with E-state index in [0.29, 0.717) is 35.1 Å². The van der Waals surface area contributed by atoms with Crippen molar-refractivity contribution < 1.29 is 19.5 Å². The third-order valence-electron chi connectivity index (χ3n) is 5.87. The van der Waals surface area contributed by atoms with Crippen molar-refractivity contribution in [2.24, 2.45) is 0 Å². The third kappa shape index (κ3) is 6.48. The maximum Gasteiger partial charge on any atom is 0.276 e. The lowest BCUT2D eigenvalue weighted by atomic mass is 10.1. The van der Waals surface area contributed by atoms with Gasteiger partial charge in [0.25, 0.3) is 17.7 Å². The van der Waals surface area contributed by atoms with Crippen LogP contribution in [-0.4, -0.2) is 70.0 Å². The average molecular weight is 511 g/mol. The Kier molecular flexibility index (Phi) is 8.32. The SMILES string of the molecule is O=C(Nc1ccc(NC(=O)c2nc[nH]c2C(=O)NCCN2CCC(O)CC2)cc1)c1ccccc1Cl. The fourth-order valence-corrected chi connectivity index (χ4v) is 4.09. The van der Waals surface area contributed by atoms with Crippen LogP contribution in [0.15, 0.2) is 54.9 Å². The number of aromatic amines is 1. The van der Waals surface area contributed by atoms with Crippen LogP contribution >= 0.6 is 11.6 Å². The number of anilines is 2. The van der Waals surface area contributed by atoms with Gasteiger partial charge < -0.3 is 30.9 Å². The van der Waals surface area contributed by atoms with E-state index in [4.69, 9.17) is 11.6 Å². The number of H-pyrrole nitrogens is 1. The molecule has 0 atom stereocenters. The molecule has 1 aliphatic rings. The van der Waals surface area contributed by atoms with Crippen LogP contribution in [0.2, 0.25) is 5.02 Å². The number of likely N-dealkylation sites (tertiary alicyclic amines) is 1. The number of aromatic nitrogens is 2. The van der Waals surface area contributed by atoms with Gasteiger partial charge in [0.05, 0.1) is 23.0 Å². The number of carbonyl (C=O) groups is 3. The molecule has 0 saturated carbocycles. The number of nitrogens with zero attached hydrogens (tertiary/aromatic N) is 2. The van der Waals surface area contributed by atoms with Gasteiger partial charge in [0.1, 0.15) is 5.69 Å². The molecule has 11 heteroatoms. The van der Waals surface area contributed by atoms with Crippen LogP contribution in [0.5, 0.6) is 0 Å². The molecule has 1 saturated heterocycles. The zero-order valence-corrected chi connectivity index (χ0v) is 20.2. The summed E-state index contributed by atoms with van der Waals surface area (Å²) in [6.45, 7) is 2.65.